The summed E-state index contributed by atoms with van der Waals surface area (Å²) in [6.07, 6.45) is 3.46. The molecule has 1 aliphatic heterocycles. The minimum absolute atomic E-state index is 0.186. The lowest BCUT2D eigenvalue weighted by molar-refractivity contribution is -0.160. The summed E-state index contributed by atoms with van der Waals surface area (Å²) in [7, 11) is 0. The number of hydrogen-bond acceptors (Lipinski definition) is 2. The molecule has 4 heteroatoms. The molecule has 19 heavy (non-hydrogen) atoms. The predicted molar refractivity (Wildman–Crippen MR) is 75.2 cm³/mol. The molecule has 102 valence electrons. The summed E-state index contributed by atoms with van der Waals surface area (Å²) >= 11 is 3.50. The highest BCUT2D eigenvalue weighted by atomic mass is 79.9. The third-order valence-corrected chi connectivity index (χ3v) is 5.40. The molecule has 1 saturated heterocycles. The van der Waals surface area contributed by atoms with Gasteiger partial charge in [0.1, 0.15) is 0 Å². The minimum atomic E-state index is -0.711. The topological polar surface area (TPSA) is 46.5 Å². The van der Waals surface area contributed by atoms with E-state index in [2.05, 4.69) is 15.9 Å². The molecule has 3 rings (SSSR count). The van der Waals surface area contributed by atoms with Gasteiger partial charge in [0.05, 0.1) is 5.41 Å². The Morgan fingerprint density at radius 3 is 2.42 bits per heavy atom. The maximum absolute atomic E-state index is 11.8. The van der Waals surface area contributed by atoms with Gasteiger partial charge in [0.15, 0.2) is 0 Å². The van der Waals surface area contributed by atoms with Crippen molar-refractivity contribution in [1.29, 1.82) is 0 Å². The molecule has 3 nitrogen and oxygen atoms in total. The summed E-state index contributed by atoms with van der Waals surface area (Å²) in [6.45, 7) is 1.54. The predicted octanol–water partition coefficient (Wildman–Crippen LogP) is 3.36. The van der Waals surface area contributed by atoms with Crippen LogP contribution in [-0.4, -0.2) is 24.3 Å². The molecule has 1 N–H and O–H groups in total. The molecule has 1 heterocycles. The van der Waals surface area contributed by atoms with Crippen LogP contribution in [0.2, 0.25) is 0 Å². The first-order valence-electron chi connectivity index (χ1n) is 6.64. The van der Waals surface area contributed by atoms with Crippen LogP contribution in [0.1, 0.15) is 31.2 Å². The van der Waals surface area contributed by atoms with Crippen LogP contribution in [0.3, 0.4) is 0 Å². The van der Waals surface area contributed by atoms with Crippen molar-refractivity contribution in [2.75, 3.05) is 13.2 Å². The summed E-state index contributed by atoms with van der Waals surface area (Å²) in [5, 5.41) is 9.72. The van der Waals surface area contributed by atoms with E-state index < -0.39 is 11.4 Å². The largest absolute Gasteiger partial charge is 0.481 e. The molecular formula is C15H17BrO3. The highest BCUT2D eigenvalue weighted by Gasteiger charge is 2.60. The van der Waals surface area contributed by atoms with Crippen LogP contribution in [0.5, 0.6) is 0 Å². The molecule has 0 atom stereocenters. The highest BCUT2D eigenvalue weighted by Crippen LogP contribution is 2.61. The number of halogens is 1. The maximum Gasteiger partial charge on any atom is 0.314 e. The molecule has 1 aromatic carbocycles. The number of aliphatic carboxylic acids is 1. The molecule has 2 aliphatic rings. The van der Waals surface area contributed by atoms with Gasteiger partial charge in [-0.1, -0.05) is 34.1 Å². The summed E-state index contributed by atoms with van der Waals surface area (Å²) in [6, 6.07) is 7.70. The molecule has 0 bridgehead atoms. The normalized spacial score (nSPS) is 23.8. The zero-order valence-corrected chi connectivity index (χ0v) is 12.3. The van der Waals surface area contributed by atoms with E-state index >= 15 is 0 Å². The lowest BCUT2D eigenvalue weighted by Gasteiger charge is -2.56. The average molecular weight is 325 g/mol. The quantitative estimate of drug-likeness (QED) is 0.907. The number of carboxylic acid groups (broad SMARTS) is 1. The Balaban J connectivity index is 1.92. The van der Waals surface area contributed by atoms with Crippen molar-refractivity contribution >= 4 is 21.9 Å². The van der Waals surface area contributed by atoms with Crippen LogP contribution in [0.4, 0.5) is 0 Å². The van der Waals surface area contributed by atoms with Crippen molar-refractivity contribution in [2.24, 2.45) is 5.41 Å². The van der Waals surface area contributed by atoms with Crippen molar-refractivity contribution in [3.05, 3.63) is 34.3 Å². The lowest BCUT2D eigenvalue weighted by Crippen LogP contribution is -2.56. The smallest absolute Gasteiger partial charge is 0.314 e. The van der Waals surface area contributed by atoms with Crippen molar-refractivity contribution in [2.45, 2.75) is 31.1 Å². The van der Waals surface area contributed by atoms with Crippen molar-refractivity contribution in [3.63, 3.8) is 0 Å². The fourth-order valence-corrected chi connectivity index (χ4v) is 4.36. The number of carboxylic acids is 1. The van der Waals surface area contributed by atoms with Gasteiger partial charge in [0.2, 0.25) is 0 Å². The maximum atomic E-state index is 11.8. The van der Waals surface area contributed by atoms with Gasteiger partial charge in [-0.15, -0.1) is 0 Å². The Morgan fingerprint density at radius 1 is 1.21 bits per heavy atom. The minimum Gasteiger partial charge on any atom is -0.481 e. The van der Waals surface area contributed by atoms with E-state index in [9.17, 15) is 9.90 Å². The summed E-state index contributed by atoms with van der Waals surface area (Å²) in [4.78, 5) is 11.8. The second kappa shape index (κ2) is 4.60. The van der Waals surface area contributed by atoms with Crippen LogP contribution >= 0.6 is 15.9 Å². The van der Waals surface area contributed by atoms with Gasteiger partial charge in [-0.05, 0) is 42.7 Å². The van der Waals surface area contributed by atoms with E-state index in [4.69, 9.17) is 4.74 Å². The van der Waals surface area contributed by atoms with Crippen molar-refractivity contribution < 1.29 is 14.6 Å². The third kappa shape index (κ3) is 2.01. The molecule has 0 amide bonds. The van der Waals surface area contributed by atoms with Crippen LogP contribution in [0.25, 0.3) is 0 Å². The second-order valence-corrected chi connectivity index (χ2v) is 6.69. The van der Waals surface area contributed by atoms with E-state index in [1.54, 1.807) is 0 Å². The molecule has 0 unspecified atom stereocenters. The fourth-order valence-electron chi connectivity index (χ4n) is 3.69. The van der Waals surface area contributed by atoms with E-state index in [-0.39, 0.29) is 5.41 Å². The zero-order chi connectivity index (χ0) is 13.5. The van der Waals surface area contributed by atoms with Crippen molar-refractivity contribution in [1.82, 2.24) is 0 Å². The summed E-state index contributed by atoms with van der Waals surface area (Å²) in [5.74, 6) is -0.698. The molecule has 2 fully saturated rings. The Kier molecular flexibility index (Phi) is 3.18. The Morgan fingerprint density at radius 2 is 1.84 bits per heavy atom. The van der Waals surface area contributed by atoms with Gasteiger partial charge >= 0.3 is 5.97 Å². The first-order valence-corrected chi connectivity index (χ1v) is 7.44. The molecule has 1 spiro atoms. The van der Waals surface area contributed by atoms with Crippen LogP contribution in [0.15, 0.2) is 28.7 Å². The Labute approximate surface area is 121 Å². The molecule has 0 radical (unpaired) electrons. The molecule has 1 aromatic rings. The first-order chi connectivity index (χ1) is 9.08. The first kappa shape index (κ1) is 13.1. The van der Waals surface area contributed by atoms with Gasteiger partial charge in [0, 0.05) is 17.7 Å². The average Bonchev–Trinajstić information content (AvgIpc) is 2.37. The van der Waals surface area contributed by atoms with Crippen LogP contribution in [-0.2, 0) is 14.9 Å². The number of rotatable bonds is 2. The van der Waals surface area contributed by atoms with Gasteiger partial charge in [-0.2, -0.15) is 0 Å². The number of hydrogen-bond donors (Lipinski definition) is 1. The van der Waals surface area contributed by atoms with Gasteiger partial charge in [-0.25, -0.2) is 0 Å². The van der Waals surface area contributed by atoms with Crippen LogP contribution in [0, 0.1) is 5.41 Å². The Hall–Kier alpha value is -0.870. The van der Waals surface area contributed by atoms with E-state index in [1.165, 1.54) is 0 Å². The number of carbonyl (C=O) groups is 1. The van der Waals surface area contributed by atoms with Gasteiger partial charge in [-0.3, -0.25) is 4.79 Å². The molecule has 1 saturated carbocycles. The lowest BCUT2D eigenvalue weighted by atomic mass is 9.48. The van der Waals surface area contributed by atoms with E-state index in [1.807, 2.05) is 24.3 Å². The van der Waals surface area contributed by atoms with Gasteiger partial charge in [0.25, 0.3) is 0 Å². The second-order valence-electron chi connectivity index (χ2n) is 5.83. The van der Waals surface area contributed by atoms with Crippen molar-refractivity contribution in [3.8, 4) is 0 Å². The van der Waals surface area contributed by atoms with Crippen LogP contribution < -0.4 is 0 Å². The fraction of sp³-hybridized carbons (Fsp3) is 0.533. The van der Waals surface area contributed by atoms with E-state index in [0.29, 0.717) is 0 Å². The number of ether oxygens (including phenoxy) is 1. The third-order valence-electron chi connectivity index (χ3n) is 4.71. The van der Waals surface area contributed by atoms with Gasteiger partial charge < -0.3 is 9.84 Å². The number of benzene rings is 1. The summed E-state index contributed by atoms with van der Waals surface area (Å²) in [5.41, 5.74) is 0.392. The Bertz CT molecular complexity index is 498. The standard InChI is InChI=1S/C15H17BrO3/c16-12-4-2-1-3-11(12)15(13(17)18)9-14(10-15)5-7-19-8-6-14/h1-4H,5-10H2,(H,17,18). The zero-order valence-electron chi connectivity index (χ0n) is 10.7. The molecule has 1 aliphatic carbocycles. The highest BCUT2D eigenvalue weighted by molar-refractivity contribution is 9.10. The monoisotopic (exact) mass is 324 g/mol. The summed E-state index contributed by atoms with van der Waals surface area (Å²) < 4.78 is 6.30. The molecular weight excluding hydrogens is 308 g/mol. The SMILES string of the molecule is O=C(O)C1(c2ccccc2Br)CC2(CCOCC2)C1. The van der Waals surface area contributed by atoms with E-state index in [0.717, 1.165) is 48.9 Å². The molecule has 0 aromatic heterocycles.